The molecule has 1 fully saturated rings. The summed E-state index contributed by atoms with van der Waals surface area (Å²) in [5, 5.41) is 13.5. The fraction of sp³-hybridized carbons (Fsp3) is 0.348. The van der Waals surface area contributed by atoms with Crippen molar-refractivity contribution in [1.82, 2.24) is 20.2 Å². The van der Waals surface area contributed by atoms with Crippen LogP contribution in [0.5, 0.6) is 0 Å². The molecule has 1 unspecified atom stereocenters. The smallest absolute Gasteiger partial charge is 0.0922 e. The third kappa shape index (κ3) is 4.68. The van der Waals surface area contributed by atoms with Gasteiger partial charge < -0.3 is 15.4 Å². The van der Waals surface area contributed by atoms with Crippen LogP contribution in [0.1, 0.15) is 41.3 Å². The molecule has 0 bridgehead atoms. The summed E-state index contributed by atoms with van der Waals surface area (Å²) in [5.41, 5.74) is 4.94. The Morgan fingerprint density at radius 3 is 2.46 bits per heavy atom. The van der Waals surface area contributed by atoms with Crippen LogP contribution < -0.4 is 5.32 Å². The lowest BCUT2D eigenvalue weighted by Crippen LogP contribution is -2.35. The topological polar surface area (TPSA) is 64.2 Å². The average Bonchev–Trinajstić information content (AvgIpc) is 3.26. The zero-order chi connectivity index (χ0) is 19.2. The number of nitrogens with one attached hydrogen (secondary N) is 2. The van der Waals surface area contributed by atoms with E-state index in [0.29, 0.717) is 0 Å². The van der Waals surface area contributed by atoms with Gasteiger partial charge in [0, 0.05) is 32.4 Å². The van der Waals surface area contributed by atoms with Crippen LogP contribution in [0, 0.1) is 0 Å². The normalized spacial score (nSPS) is 16.9. The molecule has 28 heavy (non-hydrogen) atoms. The van der Waals surface area contributed by atoms with E-state index < -0.39 is 0 Å². The van der Waals surface area contributed by atoms with Gasteiger partial charge in [0.1, 0.15) is 0 Å². The SMILES string of the molecule is OC1CCN(Cc2ccccc2CNC(c2ccccc2)c2cnc[nH]2)CC1. The van der Waals surface area contributed by atoms with Crippen LogP contribution >= 0.6 is 0 Å². The largest absolute Gasteiger partial charge is 0.393 e. The molecule has 1 atom stereocenters. The summed E-state index contributed by atoms with van der Waals surface area (Å²) >= 11 is 0. The number of benzene rings is 2. The van der Waals surface area contributed by atoms with E-state index in [1.165, 1.54) is 16.7 Å². The molecule has 146 valence electrons. The zero-order valence-corrected chi connectivity index (χ0v) is 16.1. The maximum Gasteiger partial charge on any atom is 0.0922 e. The lowest BCUT2D eigenvalue weighted by Gasteiger charge is -2.30. The van der Waals surface area contributed by atoms with Gasteiger partial charge in [-0.1, -0.05) is 54.6 Å². The van der Waals surface area contributed by atoms with Crippen LogP contribution in [-0.2, 0) is 13.1 Å². The van der Waals surface area contributed by atoms with Crippen LogP contribution in [-0.4, -0.2) is 39.2 Å². The van der Waals surface area contributed by atoms with Crippen LogP contribution in [0.15, 0.2) is 67.1 Å². The molecule has 0 saturated carbocycles. The van der Waals surface area contributed by atoms with E-state index in [1.807, 2.05) is 12.3 Å². The number of H-pyrrole nitrogens is 1. The number of hydrogen-bond acceptors (Lipinski definition) is 4. The first kappa shape index (κ1) is 18.9. The maximum atomic E-state index is 9.75. The summed E-state index contributed by atoms with van der Waals surface area (Å²) in [6.07, 6.45) is 5.22. The molecule has 5 heteroatoms. The second-order valence-electron chi connectivity index (χ2n) is 7.51. The Kier molecular flexibility index (Phi) is 6.17. The van der Waals surface area contributed by atoms with E-state index in [2.05, 4.69) is 68.7 Å². The minimum absolute atomic E-state index is 0.0712. The molecule has 0 radical (unpaired) electrons. The zero-order valence-electron chi connectivity index (χ0n) is 16.1. The first-order valence-corrected chi connectivity index (χ1v) is 10.0. The van der Waals surface area contributed by atoms with Crippen LogP contribution in [0.25, 0.3) is 0 Å². The second kappa shape index (κ2) is 9.15. The highest BCUT2D eigenvalue weighted by molar-refractivity contribution is 5.30. The number of aliphatic hydroxyl groups excluding tert-OH is 1. The molecule has 3 N–H and O–H groups in total. The number of aromatic amines is 1. The van der Waals surface area contributed by atoms with Crippen molar-refractivity contribution in [2.45, 2.75) is 38.1 Å². The molecule has 2 aromatic carbocycles. The number of aliphatic hydroxyl groups is 1. The predicted octanol–water partition coefficient (Wildman–Crippen LogP) is 3.25. The molecule has 0 spiro atoms. The van der Waals surface area contributed by atoms with Crippen molar-refractivity contribution in [2.24, 2.45) is 0 Å². The molecule has 0 amide bonds. The van der Waals surface area contributed by atoms with Crippen molar-refractivity contribution in [2.75, 3.05) is 13.1 Å². The van der Waals surface area contributed by atoms with Crippen LogP contribution in [0.2, 0.25) is 0 Å². The summed E-state index contributed by atoms with van der Waals surface area (Å²) in [7, 11) is 0. The first-order valence-electron chi connectivity index (χ1n) is 10.0. The van der Waals surface area contributed by atoms with Gasteiger partial charge in [-0.05, 0) is 29.5 Å². The summed E-state index contributed by atoms with van der Waals surface area (Å²) in [5.74, 6) is 0. The van der Waals surface area contributed by atoms with Gasteiger partial charge in [-0.25, -0.2) is 4.98 Å². The van der Waals surface area contributed by atoms with Gasteiger partial charge in [0.05, 0.1) is 24.2 Å². The molecule has 1 aromatic heterocycles. The van der Waals surface area contributed by atoms with E-state index in [1.54, 1.807) is 6.33 Å². The van der Waals surface area contributed by atoms with Crippen molar-refractivity contribution >= 4 is 0 Å². The molecular formula is C23H28N4O. The van der Waals surface area contributed by atoms with Crippen molar-refractivity contribution in [1.29, 1.82) is 0 Å². The fourth-order valence-electron chi connectivity index (χ4n) is 3.89. The quantitative estimate of drug-likeness (QED) is 0.592. The highest BCUT2D eigenvalue weighted by Gasteiger charge is 2.19. The molecule has 4 rings (SSSR count). The van der Waals surface area contributed by atoms with Gasteiger partial charge in [-0.3, -0.25) is 4.90 Å². The van der Waals surface area contributed by atoms with E-state index in [0.717, 1.165) is 44.7 Å². The van der Waals surface area contributed by atoms with E-state index in [-0.39, 0.29) is 12.1 Å². The van der Waals surface area contributed by atoms with Crippen molar-refractivity contribution in [3.63, 3.8) is 0 Å². The van der Waals surface area contributed by atoms with Crippen LogP contribution in [0.4, 0.5) is 0 Å². The monoisotopic (exact) mass is 376 g/mol. The molecule has 1 aliphatic heterocycles. The predicted molar refractivity (Wildman–Crippen MR) is 111 cm³/mol. The van der Waals surface area contributed by atoms with Gasteiger partial charge in [0.25, 0.3) is 0 Å². The molecule has 3 aromatic rings. The van der Waals surface area contributed by atoms with Crippen molar-refractivity contribution in [3.8, 4) is 0 Å². The highest BCUT2D eigenvalue weighted by atomic mass is 16.3. The molecule has 2 heterocycles. The highest BCUT2D eigenvalue weighted by Crippen LogP contribution is 2.22. The van der Waals surface area contributed by atoms with Crippen molar-refractivity contribution < 1.29 is 5.11 Å². The van der Waals surface area contributed by atoms with E-state index in [9.17, 15) is 5.11 Å². The summed E-state index contributed by atoms with van der Waals surface area (Å²) in [6.45, 7) is 3.64. The summed E-state index contributed by atoms with van der Waals surface area (Å²) in [6, 6.07) is 19.2. The van der Waals surface area contributed by atoms with Gasteiger partial charge in [-0.15, -0.1) is 0 Å². The third-order valence-electron chi connectivity index (χ3n) is 5.53. The van der Waals surface area contributed by atoms with Gasteiger partial charge in [0.2, 0.25) is 0 Å². The lowest BCUT2D eigenvalue weighted by molar-refractivity contribution is 0.0791. The Bertz CT molecular complexity index is 842. The maximum absolute atomic E-state index is 9.75. The van der Waals surface area contributed by atoms with Crippen molar-refractivity contribution in [3.05, 3.63) is 89.5 Å². The fourth-order valence-corrected chi connectivity index (χ4v) is 3.89. The standard InChI is InChI=1S/C23H28N4O/c28-21-10-12-27(13-11-21)16-20-9-5-4-8-19(20)14-25-23(22-15-24-17-26-22)18-6-2-1-3-7-18/h1-9,15,17,21,23,25,28H,10-14,16H2,(H,24,26). The van der Waals surface area contributed by atoms with Gasteiger partial charge >= 0.3 is 0 Å². The Morgan fingerprint density at radius 2 is 1.75 bits per heavy atom. The Balaban J connectivity index is 1.47. The number of piperidine rings is 1. The molecule has 1 saturated heterocycles. The van der Waals surface area contributed by atoms with Gasteiger partial charge in [-0.2, -0.15) is 0 Å². The molecular weight excluding hydrogens is 348 g/mol. The summed E-state index contributed by atoms with van der Waals surface area (Å²) < 4.78 is 0. The molecule has 1 aliphatic rings. The second-order valence-corrected chi connectivity index (χ2v) is 7.51. The third-order valence-corrected chi connectivity index (χ3v) is 5.53. The number of imidazole rings is 1. The minimum atomic E-state index is -0.130. The Hall–Kier alpha value is -2.47. The number of aromatic nitrogens is 2. The Labute approximate surface area is 166 Å². The van der Waals surface area contributed by atoms with E-state index in [4.69, 9.17) is 0 Å². The number of hydrogen-bond donors (Lipinski definition) is 3. The Morgan fingerprint density at radius 1 is 1.04 bits per heavy atom. The van der Waals surface area contributed by atoms with Gasteiger partial charge in [0.15, 0.2) is 0 Å². The molecule has 0 aliphatic carbocycles. The number of rotatable bonds is 7. The number of nitrogens with zero attached hydrogens (tertiary/aromatic N) is 2. The first-order chi connectivity index (χ1) is 13.8. The van der Waals surface area contributed by atoms with Crippen LogP contribution in [0.3, 0.4) is 0 Å². The van der Waals surface area contributed by atoms with E-state index >= 15 is 0 Å². The lowest BCUT2D eigenvalue weighted by atomic mass is 10.0. The average molecular weight is 377 g/mol. The molecule has 5 nitrogen and oxygen atoms in total. The summed E-state index contributed by atoms with van der Waals surface area (Å²) in [4.78, 5) is 9.89. The number of likely N-dealkylation sites (tertiary alicyclic amines) is 1. The minimum Gasteiger partial charge on any atom is -0.393 e.